The Balaban J connectivity index is 1.84. The zero-order chi connectivity index (χ0) is 13.9. The number of rotatable bonds is 3. The number of nitrogen functional groups attached to an aromatic ring is 1. The summed E-state index contributed by atoms with van der Waals surface area (Å²) >= 11 is 0. The van der Waals surface area contributed by atoms with Crippen LogP contribution < -0.4 is 10.5 Å². The first-order chi connectivity index (χ1) is 9.72. The molecule has 4 nitrogen and oxygen atoms in total. The van der Waals surface area contributed by atoms with E-state index in [0.29, 0.717) is 17.5 Å². The zero-order valence-corrected chi connectivity index (χ0v) is 11.2. The molecule has 2 atom stereocenters. The van der Waals surface area contributed by atoms with Gasteiger partial charge >= 0.3 is 0 Å². The maximum Gasteiger partial charge on any atom is 0.222 e. The lowest BCUT2D eigenvalue weighted by Crippen LogP contribution is -2.02. The summed E-state index contributed by atoms with van der Waals surface area (Å²) in [6.45, 7) is 0. The van der Waals surface area contributed by atoms with E-state index in [4.69, 9.17) is 10.5 Å². The normalized spacial score (nSPS) is 21.9. The number of nitrogens with zero attached hydrogens (tertiary/aromatic N) is 1. The molecule has 1 aromatic carbocycles. The molecule has 0 radical (unpaired) electrons. The van der Waals surface area contributed by atoms with Crippen molar-refractivity contribution in [3.05, 3.63) is 48.2 Å². The number of anilines is 1. The molecule has 2 unspecified atom stereocenters. The molecule has 1 aromatic heterocycles. The van der Waals surface area contributed by atoms with E-state index in [1.807, 2.05) is 24.3 Å². The van der Waals surface area contributed by atoms with E-state index in [2.05, 4.69) is 4.98 Å². The predicted molar refractivity (Wildman–Crippen MR) is 77.8 cm³/mol. The van der Waals surface area contributed by atoms with Crippen molar-refractivity contribution in [3.8, 4) is 11.6 Å². The highest BCUT2D eigenvalue weighted by atomic mass is 16.5. The van der Waals surface area contributed by atoms with Crippen LogP contribution in [0, 0.1) is 0 Å². The lowest BCUT2D eigenvalue weighted by Gasteiger charge is -2.14. The van der Waals surface area contributed by atoms with Crippen LogP contribution in [0.1, 0.15) is 30.7 Å². The second-order valence-corrected chi connectivity index (χ2v) is 5.23. The van der Waals surface area contributed by atoms with Gasteiger partial charge < -0.3 is 15.6 Å². The van der Waals surface area contributed by atoms with Crippen molar-refractivity contribution in [2.75, 3.05) is 5.73 Å². The fourth-order valence-electron chi connectivity index (χ4n) is 2.69. The van der Waals surface area contributed by atoms with Crippen LogP contribution in [0.15, 0.2) is 42.6 Å². The molecular formula is C16H18N2O2. The molecule has 2 aromatic rings. The van der Waals surface area contributed by atoms with Crippen molar-refractivity contribution >= 4 is 5.69 Å². The number of nitrogens with two attached hydrogens (primary N) is 1. The van der Waals surface area contributed by atoms with Gasteiger partial charge in [0.05, 0.1) is 6.10 Å². The van der Waals surface area contributed by atoms with E-state index in [-0.39, 0.29) is 6.10 Å². The van der Waals surface area contributed by atoms with Gasteiger partial charge in [-0.05, 0) is 55.5 Å². The van der Waals surface area contributed by atoms with E-state index in [1.54, 1.807) is 18.3 Å². The number of ether oxygens (including phenoxy) is 1. The second-order valence-electron chi connectivity index (χ2n) is 5.23. The van der Waals surface area contributed by atoms with Crippen LogP contribution in [0.2, 0.25) is 0 Å². The van der Waals surface area contributed by atoms with Gasteiger partial charge in [0.15, 0.2) is 0 Å². The SMILES string of the molecule is Nc1ccc(Oc2ncccc2C2CCC(O)C2)cc1. The van der Waals surface area contributed by atoms with E-state index in [9.17, 15) is 5.11 Å². The molecule has 0 spiro atoms. The van der Waals surface area contributed by atoms with Gasteiger partial charge in [0.1, 0.15) is 5.75 Å². The highest BCUT2D eigenvalue weighted by molar-refractivity contribution is 5.43. The molecule has 104 valence electrons. The van der Waals surface area contributed by atoms with Crippen molar-refractivity contribution in [2.24, 2.45) is 0 Å². The Bertz CT molecular complexity index is 583. The van der Waals surface area contributed by atoms with Gasteiger partial charge in [0.2, 0.25) is 5.88 Å². The van der Waals surface area contributed by atoms with Crippen molar-refractivity contribution in [2.45, 2.75) is 31.3 Å². The number of hydrogen-bond donors (Lipinski definition) is 2. The van der Waals surface area contributed by atoms with Crippen LogP contribution in [0.4, 0.5) is 5.69 Å². The first-order valence-corrected chi connectivity index (χ1v) is 6.89. The highest BCUT2D eigenvalue weighted by Crippen LogP contribution is 2.39. The van der Waals surface area contributed by atoms with E-state index < -0.39 is 0 Å². The van der Waals surface area contributed by atoms with Gasteiger partial charge in [-0.15, -0.1) is 0 Å². The molecule has 3 N–H and O–H groups in total. The molecule has 0 amide bonds. The van der Waals surface area contributed by atoms with Gasteiger partial charge in [-0.25, -0.2) is 4.98 Å². The molecule has 1 aliphatic carbocycles. The van der Waals surface area contributed by atoms with Crippen LogP contribution in [0.3, 0.4) is 0 Å². The Labute approximate surface area is 118 Å². The Morgan fingerprint density at radius 3 is 2.65 bits per heavy atom. The quantitative estimate of drug-likeness (QED) is 0.841. The second kappa shape index (κ2) is 5.51. The fraction of sp³-hybridized carbons (Fsp3) is 0.312. The highest BCUT2D eigenvalue weighted by Gasteiger charge is 2.27. The Morgan fingerprint density at radius 2 is 1.95 bits per heavy atom. The minimum absolute atomic E-state index is 0.204. The molecule has 0 aliphatic heterocycles. The standard InChI is InChI=1S/C16H18N2O2/c17-12-4-7-14(8-5-12)20-16-15(2-1-9-18-16)11-3-6-13(19)10-11/h1-2,4-5,7-9,11,13,19H,3,6,10,17H2. The first kappa shape index (κ1) is 12.9. The molecule has 3 rings (SSSR count). The molecule has 4 heteroatoms. The van der Waals surface area contributed by atoms with Gasteiger partial charge in [-0.1, -0.05) is 6.07 Å². The van der Waals surface area contributed by atoms with Crippen LogP contribution in [-0.2, 0) is 0 Å². The number of hydrogen-bond acceptors (Lipinski definition) is 4. The lowest BCUT2D eigenvalue weighted by molar-refractivity contribution is 0.181. The molecule has 0 bridgehead atoms. The van der Waals surface area contributed by atoms with Crippen LogP contribution in [-0.4, -0.2) is 16.2 Å². The van der Waals surface area contributed by atoms with Crippen LogP contribution in [0.5, 0.6) is 11.6 Å². The largest absolute Gasteiger partial charge is 0.439 e. The predicted octanol–water partition coefficient (Wildman–Crippen LogP) is 3.08. The van der Waals surface area contributed by atoms with Gasteiger partial charge in [-0.3, -0.25) is 0 Å². The number of aliphatic hydroxyl groups excluding tert-OH is 1. The Morgan fingerprint density at radius 1 is 1.15 bits per heavy atom. The molecule has 20 heavy (non-hydrogen) atoms. The number of aliphatic hydroxyl groups is 1. The molecule has 0 saturated heterocycles. The summed E-state index contributed by atoms with van der Waals surface area (Å²) in [5, 5.41) is 9.70. The lowest BCUT2D eigenvalue weighted by atomic mass is 9.99. The summed E-state index contributed by atoms with van der Waals surface area (Å²) < 4.78 is 5.86. The number of pyridine rings is 1. The zero-order valence-electron chi connectivity index (χ0n) is 11.2. The summed E-state index contributed by atoms with van der Waals surface area (Å²) in [6.07, 6.45) is 4.13. The van der Waals surface area contributed by atoms with Crippen molar-refractivity contribution in [1.82, 2.24) is 4.98 Å². The summed E-state index contributed by atoms with van der Waals surface area (Å²) in [5.74, 6) is 1.66. The van der Waals surface area contributed by atoms with E-state index in [0.717, 1.165) is 30.6 Å². The van der Waals surface area contributed by atoms with E-state index in [1.165, 1.54) is 0 Å². The maximum atomic E-state index is 9.70. The van der Waals surface area contributed by atoms with E-state index >= 15 is 0 Å². The molecule has 1 saturated carbocycles. The molecular weight excluding hydrogens is 252 g/mol. The average molecular weight is 270 g/mol. The Hall–Kier alpha value is -2.07. The third-order valence-electron chi connectivity index (χ3n) is 3.74. The topological polar surface area (TPSA) is 68.4 Å². The minimum Gasteiger partial charge on any atom is -0.439 e. The maximum absolute atomic E-state index is 9.70. The first-order valence-electron chi connectivity index (χ1n) is 6.89. The smallest absolute Gasteiger partial charge is 0.222 e. The van der Waals surface area contributed by atoms with Gasteiger partial charge in [0.25, 0.3) is 0 Å². The third kappa shape index (κ3) is 2.75. The minimum atomic E-state index is -0.204. The molecule has 1 fully saturated rings. The number of benzene rings is 1. The fourth-order valence-corrected chi connectivity index (χ4v) is 2.69. The molecule has 1 aliphatic rings. The van der Waals surface area contributed by atoms with Crippen LogP contribution >= 0.6 is 0 Å². The van der Waals surface area contributed by atoms with Crippen molar-refractivity contribution in [1.29, 1.82) is 0 Å². The summed E-state index contributed by atoms with van der Waals surface area (Å²) in [6, 6.07) is 11.2. The Kier molecular flexibility index (Phi) is 3.56. The molecule has 1 heterocycles. The summed E-state index contributed by atoms with van der Waals surface area (Å²) in [4.78, 5) is 4.33. The monoisotopic (exact) mass is 270 g/mol. The number of aromatic nitrogens is 1. The summed E-state index contributed by atoms with van der Waals surface area (Å²) in [5.41, 5.74) is 7.44. The third-order valence-corrected chi connectivity index (χ3v) is 3.74. The summed E-state index contributed by atoms with van der Waals surface area (Å²) in [7, 11) is 0. The van der Waals surface area contributed by atoms with Gasteiger partial charge in [0, 0.05) is 17.4 Å². The van der Waals surface area contributed by atoms with Crippen molar-refractivity contribution < 1.29 is 9.84 Å². The van der Waals surface area contributed by atoms with Gasteiger partial charge in [-0.2, -0.15) is 0 Å². The van der Waals surface area contributed by atoms with Crippen molar-refractivity contribution in [3.63, 3.8) is 0 Å². The average Bonchev–Trinajstić information content (AvgIpc) is 2.88. The van der Waals surface area contributed by atoms with Crippen LogP contribution in [0.25, 0.3) is 0 Å².